The fourth-order valence-corrected chi connectivity index (χ4v) is 1.38. The molecule has 1 aromatic rings. The molecule has 0 saturated carbocycles. The predicted molar refractivity (Wildman–Crippen MR) is 65.0 cm³/mol. The van der Waals surface area contributed by atoms with Crippen molar-refractivity contribution in [1.82, 2.24) is 0 Å². The first-order valence-corrected chi connectivity index (χ1v) is 5.38. The molecule has 0 amide bonds. The Hall–Kier alpha value is -1.08. The summed E-state index contributed by atoms with van der Waals surface area (Å²) in [6.45, 7) is 6.31. The van der Waals surface area contributed by atoms with E-state index in [-0.39, 0.29) is 6.10 Å². The maximum Gasteiger partial charge on any atom is 0.0793 e. The van der Waals surface area contributed by atoms with Gasteiger partial charge in [-0.25, -0.2) is 0 Å². The van der Waals surface area contributed by atoms with Gasteiger partial charge in [0.15, 0.2) is 0 Å². The highest BCUT2D eigenvalue weighted by Crippen LogP contribution is 2.16. The Morgan fingerprint density at radius 1 is 1.27 bits per heavy atom. The molecule has 1 heteroatoms. The fourth-order valence-electron chi connectivity index (χ4n) is 1.38. The lowest BCUT2D eigenvalue weighted by Crippen LogP contribution is -1.95. The molecule has 15 heavy (non-hydrogen) atoms. The van der Waals surface area contributed by atoms with Crippen molar-refractivity contribution in [2.24, 2.45) is 0 Å². The second-order valence-electron chi connectivity index (χ2n) is 4.11. The Kier molecular flexibility index (Phi) is 4.57. The van der Waals surface area contributed by atoms with Gasteiger partial charge in [-0.1, -0.05) is 35.9 Å². The molecule has 0 aliphatic heterocycles. The Bertz CT molecular complexity index is 318. The minimum atomic E-state index is 0.183. The molecule has 0 spiro atoms. The third-order valence-corrected chi connectivity index (χ3v) is 2.55. The highest BCUT2D eigenvalue weighted by atomic mass is 16.5. The average Bonchev–Trinajstić information content (AvgIpc) is 2.26. The SMILES string of the molecule is COC(C)c1ccc(CC=C(C)C)cc1. The van der Waals surface area contributed by atoms with Crippen LogP contribution in [0.5, 0.6) is 0 Å². The highest BCUT2D eigenvalue weighted by Gasteiger charge is 2.02. The molecule has 0 saturated heterocycles. The van der Waals surface area contributed by atoms with Crippen LogP contribution in [0.4, 0.5) is 0 Å². The van der Waals surface area contributed by atoms with E-state index in [9.17, 15) is 0 Å². The molecule has 1 unspecified atom stereocenters. The third-order valence-electron chi connectivity index (χ3n) is 2.55. The first kappa shape index (κ1) is 12.0. The quantitative estimate of drug-likeness (QED) is 0.676. The summed E-state index contributed by atoms with van der Waals surface area (Å²) in [5, 5.41) is 0. The zero-order valence-electron chi connectivity index (χ0n) is 10.1. The first-order chi connectivity index (χ1) is 7.13. The van der Waals surface area contributed by atoms with E-state index < -0.39 is 0 Å². The van der Waals surface area contributed by atoms with Crippen LogP contribution in [0, 0.1) is 0 Å². The molecule has 1 nitrogen and oxygen atoms in total. The first-order valence-electron chi connectivity index (χ1n) is 5.38. The Morgan fingerprint density at radius 2 is 1.87 bits per heavy atom. The van der Waals surface area contributed by atoms with Crippen molar-refractivity contribution < 1.29 is 4.74 Å². The lowest BCUT2D eigenvalue weighted by Gasteiger charge is -2.09. The maximum absolute atomic E-state index is 5.26. The summed E-state index contributed by atoms with van der Waals surface area (Å²) in [5.41, 5.74) is 3.95. The summed E-state index contributed by atoms with van der Waals surface area (Å²) < 4.78 is 5.26. The van der Waals surface area contributed by atoms with Gasteiger partial charge < -0.3 is 4.74 Å². The van der Waals surface area contributed by atoms with Crippen LogP contribution in [-0.4, -0.2) is 7.11 Å². The molecule has 1 aromatic carbocycles. The van der Waals surface area contributed by atoms with Gasteiger partial charge in [-0.05, 0) is 38.3 Å². The van der Waals surface area contributed by atoms with Crippen molar-refractivity contribution in [1.29, 1.82) is 0 Å². The van der Waals surface area contributed by atoms with Crippen molar-refractivity contribution in [3.63, 3.8) is 0 Å². The maximum atomic E-state index is 5.26. The van der Waals surface area contributed by atoms with Crippen LogP contribution in [0.3, 0.4) is 0 Å². The van der Waals surface area contributed by atoms with Crippen LogP contribution in [0.1, 0.15) is 38.0 Å². The van der Waals surface area contributed by atoms with Crippen molar-refractivity contribution in [2.75, 3.05) is 7.11 Å². The molecule has 0 heterocycles. The standard InChI is InChI=1S/C14H20O/c1-11(2)5-6-13-7-9-14(10-8-13)12(3)15-4/h5,7-10,12H,6H2,1-4H3. The van der Waals surface area contributed by atoms with Gasteiger partial charge in [0.1, 0.15) is 0 Å². The van der Waals surface area contributed by atoms with Crippen LogP contribution in [-0.2, 0) is 11.2 Å². The Balaban J connectivity index is 2.68. The van der Waals surface area contributed by atoms with Gasteiger partial charge in [0.25, 0.3) is 0 Å². The second-order valence-corrected chi connectivity index (χ2v) is 4.11. The van der Waals surface area contributed by atoms with E-state index in [0.717, 1.165) is 6.42 Å². The molecule has 0 N–H and O–H groups in total. The van der Waals surface area contributed by atoms with E-state index in [2.05, 4.69) is 51.1 Å². The molecule has 0 bridgehead atoms. The normalized spacial score (nSPS) is 12.3. The van der Waals surface area contributed by atoms with Crippen molar-refractivity contribution in [3.8, 4) is 0 Å². The fraction of sp³-hybridized carbons (Fsp3) is 0.429. The summed E-state index contributed by atoms with van der Waals surface area (Å²) in [6, 6.07) is 8.62. The van der Waals surface area contributed by atoms with Gasteiger partial charge in [-0.2, -0.15) is 0 Å². The van der Waals surface area contributed by atoms with Gasteiger partial charge in [0, 0.05) is 7.11 Å². The molecular weight excluding hydrogens is 184 g/mol. The summed E-state index contributed by atoms with van der Waals surface area (Å²) in [5.74, 6) is 0. The van der Waals surface area contributed by atoms with Gasteiger partial charge >= 0.3 is 0 Å². The topological polar surface area (TPSA) is 9.23 Å². The van der Waals surface area contributed by atoms with Crippen LogP contribution < -0.4 is 0 Å². The van der Waals surface area contributed by atoms with E-state index in [1.54, 1.807) is 7.11 Å². The minimum absolute atomic E-state index is 0.183. The van der Waals surface area contributed by atoms with E-state index in [1.807, 2.05) is 0 Å². The zero-order chi connectivity index (χ0) is 11.3. The molecule has 0 aliphatic carbocycles. The van der Waals surface area contributed by atoms with Crippen molar-refractivity contribution in [2.45, 2.75) is 33.3 Å². The lowest BCUT2D eigenvalue weighted by atomic mass is 10.1. The number of allylic oxidation sites excluding steroid dienone is 2. The monoisotopic (exact) mass is 204 g/mol. The van der Waals surface area contributed by atoms with Crippen molar-refractivity contribution in [3.05, 3.63) is 47.0 Å². The Morgan fingerprint density at radius 3 is 2.33 bits per heavy atom. The largest absolute Gasteiger partial charge is 0.377 e. The van der Waals surface area contributed by atoms with E-state index in [0.29, 0.717) is 0 Å². The minimum Gasteiger partial charge on any atom is -0.377 e. The van der Waals surface area contributed by atoms with Crippen LogP contribution >= 0.6 is 0 Å². The van der Waals surface area contributed by atoms with E-state index in [1.165, 1.54) is 16.7 Å². The van der Waals surface area contributed by atoms with Crippen LogP contribution in [0.15, 0.2) is 35.9 Å². The highest BCUT2D eigenvalue weighted by molar-refractivity contribution is 5.25. The van der Waals surface area contributed by atoms with Crippen LogP contribution in [0.25, 0.3) is 0 Å². The average molecular weight is 204 g/mol. The van der Waals surface area contributed by atoms with Crippen LogP contribution in [0.2, 0.25) is 0 Å². The number of ether oxygens (including phenoxy) is 1. The van der Waals surface area contributed by atoms with Crippen molar-refractivity contribution >= 4 is 0 Å². The van der Waals surface area contributed by atoms with Gasteiger partial charge in [0.05, 0.1) is 6.10 Å². The predicted octanol–water partition coefficient (Wildman–Crippen LogP) is 3.90. The molecule has 82 valence electrons. The smallest absolute Gasteiger partial charge is 0.0793 e. The van der Waals surface area contributed by atoms with E-state index >= 15 is 0 Å². The summed E-state index contributed by atoms with van der Waals surface area (Å²) in [4.78, 5) is 0. The van der Waals surface area contributed by atoms with Gasteiger partial charge in [-0.15, -0.1) is 0 Å². The Labute approximate surface area is 92.8 Å². The number of benzene rings is 1. The summed E-state index contributed by atoms with van der Waals surface area (Å²) >= 11 is 0. The number of rotatable bonds is 4. The number of hydrogen-bond acceptors (Lipinski definition) is 1. The molecule has 1 atom stereocenters. The number of methoxy groups -OCH3 is 1. The molecule has 0 aliphatic rings. The summed E-state index contributed by atoms with van der Waals surface area (Å²) in [7, 11) is 1.74. The van der Waals surface area contributed by atoms with Gasteiger partial charge in [0.2, 0.25) is 0 Å². The number of hydrogen-bond donors (Lipinski definition) is 0. The summed E-state index contributed by atoms with van der Waals surface area (Å²) in [6.07, 6.45) is 3.45. The molecule has 0 aromatic heterocycles. The molecule has 0 fully saturated rings. The van der Waals surface area contributed by atoms with E-state index in [4.69, 9.17) is 4.74 Å². The second kappa shape index (κ2) is 5.72. The third kappa shape index (κ3) is 3.88. The van der Waals surface area contributed by atoms with Gasteiger partial charge in [-0.3, -0.25) is 0 Å². The molecular formula is C14H20O. The molecule has 1 rings (SSSR count). The zero-order valence-corrected chi connectivity index (χ0v) is 10.1. The lowest BCUT2D eigenvalue weighted by molar-refractivity contribution is 0.119. The molecule has 0 radical (unpaired) electrons.